The van der Waals surface area contributed by atoms with Gasteiger partial charge in [0.2, 0.25) is 5.91 Å². The smallest absolute Gasteiger partial charge is 0.286 e. The molecule has 1 saturated heterocycles. The van der Waals surface area contributed by atoms with Crippen molar-refractivity contribution in [3.05, 3.63) is 49.1 Å². The Hall–Kier alpha value is -2.77. The highest BCUT2D eigenvalue weighted by Crippen LogP contribution is 2.28. The van der Waals surface area contributed by atoms with Crippen LogP contribution in [0.3, 0.4) is 0 Å². The van der Waals surface area contributed by atoms with Crippen molar-refractivity contribution in [1.82, 2.24) is 19.6 Å². The van der Waals surface area contributed by atoms with Gasteiger partial charge in [-0.3, -0.25) is 9.59 Å². The number of hydrogen-bond acceptors (Lipinski definition) is 3. The predicted molar refractivity (Wildman–Crippen MR) is 78.2 cm³/mol. The van der Waals surface area contributed by atoms with Gasteiger partial charge < -0.3 is 14.6 Å². The van der Waals surface area contributed by atoms with Crippen LogP contribution >= 0.6 is 0 Å². The van der Waals surface area contributed by atoms with Crippen molar-refractivity contribution in [1.29, 1.82) is 0 Å². The number of nitrogens with one attached hydrogen (secondary N) is 1. The summed E-state index contributed by atoms with van der Waals surface area (Å²) in [6.07, 6.45) is 4.17. The first-order chi connectivity index (χ1) is 10.9. The number of hydrogen-bond donors (Lipinski definition) is 1. The van der Waals surface area contributed by atoms with Gasteiger partial charge in [-0.15, -0.1) is 0 Å². The number of carbonyl (C=O) groups excluding carboxylic acids is 2. The minimum Gasteiger partial charge on any atom is -0.340 e. The van der Waals surface area contributed by atoms with E-state index in [-0.39, 0.29) is 12.2 Å². The molecule has 1 aliphatic heterocycles. The maximum absolute atomic E-state index is 14.0. The minimum atomic E-state index is -3.20. The van der Waals surface area contributed by atoms with Gasteiger partial charge >= 0.3 is 0 Å². The molecule has 1 aliphatic rings. The van der Waals surface area contributed by atoms with Crippen LogP contribution in [0.15, 0.2) is 43.4 Å². The Morgan fingerprint density at radius 3 is 3.00 bits per heavy atom. The quantitative estimate of drug-likeness (QED) is 0.861. The van der Waals surface area contributed by atoms with E-state index in [9.17, 15) is 18.4 Å². The Morgan fingerprint density at radius 1 is 1.48 bits per heavy atom. The molecule has 6 nitrogen and oxygen atoms in total. The average Bonchev–Trinajstić information content (AvgIpc) is 3.10. The number of nitrogens with zero attached hydrogens (tertiary/aromatic N) is 3. The highest BCUT2D eigenvalue weighted by molar-refractivity contribution is 5.94. The van der Waals surface area contributed by atoms with E-state index >= 15 is 0 Å². The maximum Gasteiger partial charge on any atom is 0.286 e. The zero-order chi connectivity index (χ0) is 16.6. The highest BCUT2D eigenvalue weighted by Gasteiger charge is 2.50. The largest absolute Gasteiger partial charge is 0.340 e. The van der Waals surface area contributed by atoms with Gasteiger partial charge in [0.05, 0.1) is 12.9 Å². The Kier molecular flexibility index (Phi) is 3.59. The van der Waals surface area contributed by atoms with Crippen molar-refractivity contribution in [3.63, 3.8) is 0 Å². The lowest BCUT2D eigenvalue weighted by molar-refractivity contribution is -0.126. The van der Waals surface area contributed by atoms with Gasteiger partial charge in [-0.2, -0.15) is 0 Å². The fourth-order valence-electron chi connectivity index (χ4n) is 2.52. The van der Waals surface area contributed by atoms with Crippen molar-refractivity contribution in [2.24, 2.45) is 0 Å². The minimum absolute atomic E-state index is 0.0421. The number of aromatic nitrogens is 2. The third-order valence-corrected chi connectivity index (χ3v) is 3.76. The number of fused-ring (bicyclic) bond motifs is 1. The molecular formula is C15H14F2N4O2. The Labute approximate surface area is 130 Å². The number of rotatable bonds is 3. The molecule has 23 heavy (non-hydrogen) atoms. The van der Waals surface area contributed by atoms with E-state index in [0.29, 0.717) is 0 Å². The van der Waals surface area contributed by atoms with Crippen molar-refractivity contribution < 1.29 is 18.4 Å². The summed E-state index contributed by atoms with van der Waals surface area (Å²) in [7, 11) is 0. The molecule has 2 aromatic heterocycles. The van der Waals surface area contributed by atoms with Crippen LogP contribution in [0.5, 0.6) is 0 Å². The van der Waals surface area contributed by atoms with E-state index in [1.54, 1.807) is 22.7 Å². The van der Waals surface area contributed by atoms with Crippen LogP contribution in [0.25, 0.3) is 5.52 Å². The third kappa shape index (κ3) is 2.79. The Bertz CT molecular complexity index is 787. The highest BCUT2D eigenvalue weighted by atomic mass is 19.3. The molecule has 0 radical (unpaired) electrons. The van der Waals surface area contributed by atoms with Crippen molar-refractivity contribution in [3.8, 4) is 0 Å². The van der Waals surface area contributed by atoms with Gasteiger partial charge in [0.1, 0.15) is 11.7 Å². The van der Waals surface area contributed by atoms with E-state index in [1.165, 1.54) is 12.4 Å². The third-order valence-electron chi connectivity index (χ3n) is 3.76. The molecule has 3 heterocycles. The summed E-state index contributed by atoms with van der Waals surface area (Å²) in [5.74, 6) is -4.49. The summed E-state index contributed by atoms with van der Waals surface area (Å²) in [4.78, 5) is 28.5. The Morgan fingerprint density at radius 2 is 2.26 bits per heavy atom. The fourth-order valence-corrected chi connectivity index (χ4v) is 2.52. The van der Waals surface area contributed by atoms with Crippen molar-refractivity contribution in [2.45, 2.75) is 12.0 Å². The van der Waals surface area contributed by atoms with E-state index in [0.717, 1.165) is 16.5 Å². The van der Waals surface area contributed by atoms with Gasteiger partial charge in [0, 0.05) is 18.3 Å². The molecule has 2 amide bonds. The first kappa shape index (κ1) is 15.1. The second-order valence-electron chi connectivity index (χ2n) is 5.32. The summed E-state index contributed by atoms with van der Waals surface area (Å²) < 4.78 is 29.6. The van der Waals surface area contributed by atoms with Crippen LogP contribution in [0.4, 0.5) is 8.78 Å². The van der Waals surface area contributed by atoms with Gasteiger partial charge in [0.15, 0.2) is 0 Å². The lowest BCUT2D eigenvalue weighted by atomic mass is 10.2. The molecule has 1 N–H and O–H groups in total. The molecule has 1 fully saturated rings. The molecular weight excluding hydrogens is 306 g/mol. The molecule has 0 spiro atoms. The normalized spacial score (nSPS) is 19.7. The van der Waals surface area contributed by atoms with Crippen LogP contribution in [-0.4, -0.2) is 51.2 Å². The maximum atomic E-state index is 14.0. The van der Waals surface area contributed by atoms with Crippen molar-refractivity contribution in [2.75, 3.05) is 13.1 Å². The van der Waals surface area contributed by atoms with Crippen LogP contribution in [0.2, 0.25) is 0 Å². The molecule has 0 aliphatic carbocycles. The second-order valence-corrected chi connectivity index (χ2v) is 5.32. The van der Waals surface area contributed by atoms with Crippen molar-refractivity contribution >= 4 is 17.3 Å². The number of alkyl halides is 2. The number of carbonyl (C=O) groups is 2. The molecule has 0 saturated carbocycles. The molecule has 0 aromatic carbocycles. The zero-order valence-electron chi connectivity index (χ0n) is 12.1. The van der Waals surface area contributed by atoms with Crippen LogP contribution in [-0.2, 0) is 4.79 Å². The summed E-state index contributed by atoms with van der Waals surface area (Å²) in [6, 6.07) is 3.61. The number of likely N-dealkylation sites (tertiary alicyclic amines) is 1. The molecule has 2 aromatic rings. The lowest BCUT2D eigenvalue weighted by Gasteiger charge is -2.18. The SMILES string of the molecule is C=CC(=O)N1CC(NC(=O)c2cc3cccn3cn2)C(F)(F)C1. The van der Waals surface area contributed by atoms with Gasteiger partial charge in [0.25, 0.3) is 11.8 Å². The second kappa shape index (κ2) is 5.45. The molecule has 8 heteroatoms. The van der Waals surface area contributed by atoms with E-state index in [4.69, 9.17) is 0 Å². The lowest BCUT2D eigenvalue weighted by Crippen LogP contribution is -2.47. The number of amides is 2. The molecule has 3 rings (SSSR count). The van der Waals surface area contributed by atoms with Crippen LogP contribution in [0.1, 0.15) is 10.5 Å². The van der Waals surface area contributed by atoms with Gasteiger partial charge in [-0.1, -0.05) is 6.58 Å². The first-order valence-corrected chi connectivity index (χ1v) is 6.93. The van der Waals surface area contributed by atoms with E-state index in [2.05, 4.69) is 16.9 Å². The standard InChI is InChI=1S/C15H14F2N4O2/c1-2-13(22)21-7-12(15(16,17)8-21)19-14(23)11-6-10-4-3-5-20(10)9-18-11/h2-6,9,12H,1,7-8H2,(H,19,23). The Balaban J connectivity index is 1.76. The summed E-state index contributed by atoms with van der Waals surface area (Å²) in [5.41, 5.74) is 0.771. The molecule has 1 unspecified atom stereocenters. The molecule has 120 valence electrons. The predicted octanol–water partition coefficient (Wildman–Crippen LogP) is 1.10. The first-order valence-electron chi connectivity index (χ1n) is 6.93. The zero-order valence-corrected chi connectivity index (χ0v) is 12.1. The monoisotopic (exact) mass is 320 g/mol. The summed E-state index contributed by atoms with van der Waals surface area (Å²) in [5, 5.41) is 2.26. The number of halogens is 2. The van der Waals surface area contributed by atoms with E-state index < -0.39 is 30.3 Å². The van der Waals surface area contributed by atoms with Gasteiger partial charge in [-0.05, 0) is 24.3 Å². The van der Waals surface area contributed by atoms with Crippen LogP contribution in [0, 0.1) is 0 Å². The fraction of sp³-hybridized carbons (Fsp3) is 0.267. The topological polar surface area (TPSA) is 66.7 Å². The average molecular weight is 320 g/mol. The molecule has 0 bridgehead atoms. The summed E-state index contributed by atoms with van der Waals surface area (Å²) in [6.45, 7) is 2.27. The van der Waals surface area contributed by atoms with Gasteiger partial charge in [-0.25, -0.2) is 13.8 Å². The van der Waals surface area contributed by atoms with E-state index in [1.807, 2.05) is 0 Å². The molecule has 1 atom stereocenters. The van der Waals surface area contributed by atoms with Crippen LogP contribution < -0.4 is 5.32 Å². The summed E-state index contributed by atoms with van der Waals surface area (Å²) >= 11 is 0.